The van der Waals surface area contributed by atoms with Crippen molar-refractivity contribution in [1.29, 1.82) is 0 Å². The summed E-state index contributed by atoms with van der Waals surface area (Å²) in [7, 11) is 0. The van der Waals surface area contributed by atoms with E-state index in [1.165, 1.54) is 6.07 Å². The third kappa shape index (κ3) is 2.89. The van der Waals surface area contributed by atoms with Gasteiger partial charge in [0.25, 0.3) is 5.91 Å². The Labute approximate surface area is 161 Å². The Morgan fingerprint density at radius 3 is 2.46 bits per heavy atom. The molecule has 4 rings (SSSR count). The third-order valence-corrected chi connectivity index (χ3v) is 4.82. The molecule has 2 N–H and O–H groups in total. The highest BCUT2D eigenvalue weighted by Crippen LogP contribution is 2.39. The Morgan fingerprint density at radius 1 is 1.04 bits per heavy atom. The molecule has 6 nitrogen and oxygen atoms in total. The molecular weight excluding hydrogens is 354 g/mol. The Bertz CT molecular complexity index is 1260. The number of phenolic OH excluding ortho intramolecular Hbond substituents is 1. The fourth-order valence-electron chi connectivity index (χ4n) is 3.40. The monoisotopic (exact) mass is 373 g/mol. The number of fused-ring (bicyclic) bond motifs is 2. The van der Waals surface area contributed by atoms with Gasteiger partial charge in [0.05, 0.1) is 11.1 Å². The minimum atomic E-state index is -0.673. The molecule has 3 aromatic carbocycles. The topological polar surface area (TPSA) is 87.2 Å². The number of amides is 1. The van der Waals surface area contributed by atoms with Gasteiger partial charge in [-0.1, -0.05) is 35.9 Å². The van der Waals surface area contributed by atoms with Crippen LogP contribution in [0.2, 0.25) is 0 Å². The van der Waals surface area contributed by atoms with Gasteiger partial charge in [-0.25, -0.2) is 0 Å². The maximum Gasteiger partial charge on any atom is 0.299 e. The molecule has 28 heavy (non-hydrogen) atoms. The summed E-state index contributed by atoms with van der Waals surface area (Å²) in [5.41, 5.74) is 2.14. The van der Waals surface area contributed by atoms with Gasteiger partial charge in [0.15, 0.2) is 5.69 Å². The average Bonchev–Trinajstić information content (AvgIpc) is 2.95. The molecule has 140 valence electrons. The number of azo groups is 1. The first-order valence-corrected chi connectivity index (χ1v) is 8.99. The van der Waals surface area contributed by atoms with Gasteiger partial charge in [0.1, 0.15) is 5.75 Å². The predicted molar refractivity (Wildman–Crippen MR) is 108 cm³/mol. The third-order valence-electron chi connectivity index (χ3n) is 4.82. The highest BCUT2D eigenvalue weighted by Gasteiger charge is 2.17. The molecule has 1 aromatic heterocycles. The lowest BCUT2D eigenvalue weighted by Crippen LogP contribution is -1.94. The van der Waals surface area contributed by atoms with E-state index < -0.39 is 5.91 Å². The second-order valence-corrected chi connectivity index (χ2v) is 6.66. The molecule has 0 saturated heterocycles. The molecule has 0 aliphatic heterocycles. The van der Waals surface area contributed by atoms with Crippen LogP contribution in [-0.4, -0.2) is 20.7 Å². The van der Waals surface area contributed by atoms with Crippen molar-refractivity contribution >= 4 is 33.3 Å². The van der Waals surface area contributed by atoms with Crippen LogP contribution in [0, 0.1) is 6.92 Å². The fourth-order valence-corrected chi connectivity index (χ4v) is 3.40. The van der Waals surface area contributed by atoms with E-state index in [-0.39, 0.29) is 22.9 Å². The first kappa shape index (κ1) is 17.7. The number of benzene rings is 3. The Kier molecular flexibility index (Phi) is 4.31. The number of nitrogens with zero attached hydrogens (tertiary/aromatic N) is 3. The van der Waals surface area contributed by atoms with Crippen LogP contribution in [0.25, 0.3) is 21.7 Å². The van der Waals surface area contributed by atoms with E-state index in [4.69, 9.17) is 0 Å². The van der Waals surface area contributed by atoms with Crippen LogP contribution in [0.1, 0.15) is 22.8 Å². The molecule has 0 saturated carbocycles. The normalized spacial score (nSPS) is 11.6. The molecule has 6 heteroatoms. The van der Waals surface area contributed by atoms with Crippen LogP contribution in [0.15, 0.2) is 64.8 Å². The number of aromatic nitrogens is 1. The molecule has 4 aromatic rings. The van der Waals surface area contributed by atoms with Crippen molar-refractivity contribution in [2.24, 2.45) is 10.2 Å². The molecular formula is C22H19N3O3. The van der Waals surface area contributed by atoms with Crippen molar-refractivity contribution in [3.63, 3.8) is 0 Å². The van der Waals surface area contributed by atoms with E-state index in [9.17, 15) is 15.0 Å². The minimum Gasteiger partial charge on any atom is -0.507 e. The lowest BCUT2D eigenvalue weighted by Gasteiger charge is -2.03. The molecule has 1 heterocycles. The van der Waals surface area contributed by atoms with Crippen molar-refractivity contribution in [3.05, 3.63) is 65.7 Å². The zero-order valence-corrected chi connectivity index (χ0v) is 15.5. The molecule has 0 unspecified atom stereocenters. The highest BCUT2D eigenvalue weighted by molar-refractivity contribution is 6.02. The van der Waals surface area contributed by atoms with E-state index in [2.05, 4.69) is 10.2 Å². The number of aromatic hydroxyl groups is 2. The number of rotatable bonds is 3. The number of phenols is 1. The summed E-state index contributed by atoms with van der Waals surface area (Å²) < 4.78 is 1.71. The molecule has 0 aliphatic rings. The van der Waals surface area contributed by atoms with Crippen molar-refractivity contribution in [1.82, 2.24) is 4.57 Å². The highest BCUT2D eigenvalue weighted by atomic mass is 16.3. The lowest BCUT2D eigenvalue weighted by molar-refractivity contribution is 0.0992. The zero-order valence-electron chi connectivity index (χ0n) is 15.5. The molecule has 1 amide bonds. The van der Waals surface area contributed by atoms with Gasteiger partial charge in [0, 0.05) is 11.9 Å². The average molecular weight is 373 g/mol. The van der Waals surface area contributed by atoms with Gasteiger partial charge >= 0.3 is 0 Å². The number of hydrogen-bond acceptors (Lipinski definition) is 4. The zero-order chi connectivity index (χ0) is 19.8. The number of carbonyl (C=O) groups excluding carboxylic acids is 1. The number of carbonyl (C=O) groups is 1. The summed E-state index contributed by atoms with van der Waals surface area (Å²) in [5, 5.41) is 30.9. The van der Waals surface area contributed by atoms with Crippen LogP contribution in [0.4, 0.5) is 5.69 Å². The Morgan fingerprint density at radius 2 is 1.75 bits per heavy atom. The quantitative estimate of drug-likeness (QED) is 0.468. The number of aryl methyl sites for hydroxylation is 2. The Hall–Kier alpha value is -3.67. The summed E-state index contributed by atoms with van der Waals surface area (Å²) in [6.07, 6.45) is 0. The second kappa shape index (κ2) is 6.81. The van der Waals surface area contributed by atoms with Crippen molar-refractivity contribution in [2.75, 3.05) is 0 Å². The van der Waals surface area contributed by atoms with Crippen LogP contribution in [0.3, 0.4) is 0 Å². The lowest BCUT2D eigenvalue weighted by atomic mass is 10.1. The smallest absolute Gasteiger partial charge is 0.299 e. The number of hydrogen-bond donors (Lipinski definition) is 2. The summed E-state index contributed by atoms with van der Waals surface area (Å²) >= 11 is 0. The van der Waals surface area contributed by atoms with Crippen LogP contribution >= 0.6 is 0 Å². The summed E-state index contributed by atoms with van der Waals surface area (Å²) in [5.74, 6) is -0.867. The summed E-state index contributed by atoms with van der Waals surface area (Å²) in [4.78, 5) is 12.6. The van der Waals surface area contributed by atoms with Gasteiger partial charge in [-0.2, -0.15) is 0 Å². The van der Waals surface area contributed by atoms with E-state index >= 15 is 0 Å². The first-order chi connectivity index (χ1) is 13.5. The maximum absolute atomic E-state index is 12.6. The molecule has 0 bridgehead atoms. The first-order valence-electron chi connectivity index (χ1n) is 8.99. The maximum atomic E-state index is 12.6. The fraction of sp³-hybridized carbons (Fsp3) is 0.136. The standard InChI is InChI=1S/C22H19N3O3/c1-3-25-18-9-8-13(2)10-16(18)20(22(25)28)23-24-21(27)17-11-14-6-4-5-7-15(14)12-19(17)26/h4-12,26,28H,3H2,1-2H3. The SMILES string of the molecule is CCn1c(O)c(N=NC(=O)c2cc3ccccc3cc2O)c2cc(C)ccc21. The van der Waals surface area contributed by atoms with E-state index in [0.717, 1.165) is 27.2 Å². The molecule has 0 radical (unpaired) electrons. The van der Waals surface area contributed by atoms with Gasteiger partial charge in [-0.3, -0.25) is 4.79 Å². The molecule has 0 aliphatic carbocycles. The predicted octanol–water partition coefficient (Wildman–Crippen LogP) is 5.46. The minimum absolute atomic E-state index is 0.0395. The summed E-state index contributed by atoms with van der Waals surface area (Å²) in [6, 6.07) is 16.3. The molecule has 0 fully saturated rings. The Balaban J connectivity index is 1.77. The van der Waals surface area contributed by atoms with E-state index in [0.29, 0.717) is 6.54 Å². The largest absolute Gasteiger partial charge is 0.507 e. The molecule has 0 atom stereocenters. The molecule has 0 spiro atoms. The van der Waals surface area contributed by atoms with Crippen LogP contribution in [-0.2, 0) is 6.54 Å². The van der Waals surface area contributed by atoms with E-state index in [1.807, 2.05) is 56.3 Å². The van der Waals surface area contributed by atoms with Crippen molar-refractivity contribution < 1.29 is 15.0 Å². The van der Waals surface area contributed by atoms with Gasteiger partial charge in [-0.15, -0.1) is 10.2 Å². The second-order valence-electron chi connectivity index (χ2n) is 6.66. The van der Waals surface area contributed by atoms with Gasteiger partial charge < -0.3 is 14.8 Å². The van der Waals surface area contributed by atoms with Crippen molar-refractivity contribution in [2.45, 2.75) is 20.4 Å². The summed E-state index contributed by atoms with van der Waals surface area (Å²) in [6.45, 7) is 4.41. The van der Waals surface area contributed by atoms with E-state index in [1.54, 1.807) is 10.6 Å². The van der Waals surface area contributed by atoms with Crippen LogP contribution in [0.5, 0.6) is 11.6 Å². The van der Waals surface area contributed by atoms with Gasteiger partial charge in [0.2, 0.25) is 5.88 Å². The van der Waals surface area contributed by atoms with Gasteiger partial charge in [-0.05, 0) is 48.9 Å². The van der Waals surface area contributed by atoms with Crippen LogP contribution < -0.4 is 0 Å². The van der Waals surface area contributed by atoms with Crippen molar-refractivity contribution in [3.8, 4) is 11.6 Å².